The highest BCUT2D eigenvalue weighted by molar-refractivity contribution is 6.08. The predicted octanol–water partition coefficient (Wildman–Crippen LogP) is 4.54. The van der Waals surface area contributed by atoms with E-state index in [4.69, 9.17) is 0 Å². The second kappa shape index (κ2) is 8.15. The van der Waals surface area contributed by atoms with Gasteiger partial charge in [-0.15, -0.1) is 0 Å². The highest BCUT2D eigenvalue weighted by Crippen LogP contribution is 2.25. The third-order valence-electron chi connectivity index (χ3n) is 5.77. The lowest BCUT2D eigenvalue weighted by Gasteiger charge is -2.31. The normalized spacial score (nSPS) is 15.9. The lowest BCUT2D eigenvalue weighted by Crippen LogP contribution is -2.35. The highest BCUT2D eigenvalue weighted by Gasteiger charge is 2.21. The van der Waals surface area contributed by atoms with Gasteiger partial charge < -0.3 is 15.0 Å². The molecule has 1 fully saturated rings. The van der Waals surface area contributed by atoms with E-state index in [0.717, 1.165) is 49.8 Å². The van der Waals surface area contributed by atoms with Crippen LogP contribution in [0.15, 0.2) is 48.7 Å². The minimum absolute atomic E-state index is 0.102. The predicted molar refractivity (Wildman–Crippen MR) is 108 cm³/mol. The number of halogens is 1. The number of fused-ring (bicyclic) bond motifs is 1. The molecule has 0 atom stereocenters. The Morgan fingerprint density at radius 2 is 1.89 bits per heavy atom. The summed E-state index contributed by atoms with van der Waals surface area (Å²) in [7, 11) is 0. The maximum atomic E-state index is 13.0. The molecule has 1 aromatic heterocycles. The van der Waals surface area contributed by atoms with E-state index in [0.29, 0.717) is 17.9 Å². The van der Waals surface area contributed by atoms with Gasteiger partial charge in [-0.1, -0.05) is 12.1 Å². The second-order valence-electron chi connectivity index (χ2n) is 7.72. The molecule has 0 saturated carbocycles. The van der Waals surface area contributed by atoms with Crippen molar-refractivity contribution in [2.24, 2.45) is 5.92 Å². The number of hydrogen-bond donors (Lipinski definition) is 2. The number of Topliss-reactive ketones (excluding diaryl/α,β-unsaturated/α-hetero) is 1. The summed E-state index contributed by atoms with van der Waals surface area (Å²) >= 11 is 0. The molecule has 1 saturated heterocycles. The van der Waals surface area contributed by atoms with Crippen LogP contribution in [-0.4, -0.2) is 40.4 Å². The number of rotatable bonds is 6. The lowest BCUT2D eigenvalue weighted by atomic mass is 9.90. The van der Waals surface area contributed by atoms with E-state index in [-0.39, 0.29) is 17.3 Å². The smallest absolute Gasteiger partial charge is 0.166 e. The first kappa shape index (κ1) is 18.7. The molecule has 2 aromatic carbocycles. The van der Waals surface area contributed by atoms with Crippen molar-refractivity contribution < 1.29 is 14.3 Å². The van der Waals surface area contributed by atoms with Gasteiger partial charge >= 0.3 is 0 Å². The van der Waals surface area contributed by atoms with Crippen LogP contribution < -0.4 is 0 Å². The zero-order valence-corrected chi connectivity index (χ0v) is 15.8. The Morgan fingerprint density at radius 3 is 2.64 bits per heavy atom. The number of phenols is 1. The van der Waals surface area contributed by atoms with Gasteiger partial charge in [0.05, 0.1) is 0 Å². The molecule has 0 spiro atoms. The molecule has 5 heteroatoms. The van der Waals surface area contributed by atoms with Gasteiger partial charge in [0.15, 0.2) is 5.78 Å². The maximum absolute atomic E-state index is 13.0. The van der Waals surface area contributed by atoms with Crippen molar-refractivity contribution in [3.8, 4) is 5.75 Å². The minimum Gasteiger partial charge on any atom is -0.508 e. The number of hydrogen-bond acceptors (Lipinski definition) is 3. The summed E-state index contributed by atoms with van der Waals surface area (Å²) in [5.74, 6) is 0.706. The Morgan fingerprint density at radius 1 is 1.14 bits per heavy atom. The number of ketones is 1. The number of aromatic nitrogens is 1. The summed E-state index contributed by atoms with van der Waals surface area (Å²) in [4.78, 5) is 18.1. The molecule has 4 nitrogen and oxygen atoms in total. The lowest BCUT2D eigenvalue weighted by molar-refractivity contribution is 0.0952. The summed E-state index contributed by atoms with van der Waals surface area (Å²) in [5.41, 5.74) is 2.71. The number of likely N-dealkylation sites (tertiary alicyclic amines) is 1. The van der Waals surface area contributed by atoms with Crippen LogP contribution in [0.4, 0.5) is 4.39 Å². The molecule has 0 radical (unpaired) electrons. The fraction of sp³-hybridized carbons (Fsp3) is 0.348. The number of piperidine rings is 1. The van der Waals surface area contributed by atoms with Crippen LogP contribution in [0.1, 0.15) is 35.2 Å². The number of carbonyl (C=O) groups is 1. The Balaban J connectivity index is 1.27. The van der Waals surface area contributed by atoms with Crippen LogP contribution in [0.2, 0.25) is 0 Å². The topological polar surface area (TPSA) is 56.3 Å². The number of nitrogens with zero attached hydrogens (tertiary/aromatic N) is 1. The van der Waals surface area contributed by atoms with E-state index in [1.807, 2.05) is 12.1 Å². The molecule has 0 unspecified atom stereocenters. The van der Waals surface area contributed by atoms with Crippen LogP contribution in [0, 0.1) is 11.7 Å². The third kappa shape index (κ3) is 4.25. The van der Waals surface area contributed by atoms with E-state index < -0.39 is 0 Å². The van der Waals surface area contributed by atoms with E-state index >= 15 is 0 Å². The molecule has 146 valence electrons. The van der Waals surface area contributed by atoms with Gasteiger partial charge in [0.1, 0.15) is 11.6 Å². The molecule has 0 bridgehead atoms. The number of aromatic hydroxyl groups is 1. The zero-order valence-electron chi connectivity index (χ0n) is 15.8. The van der Waals surface area contributed by atoms with Gasteiger partial charge in [0.2, 0.25) is 0 Å². The van der Waals surface area contributed by atoms with Gasteiger partial charge in [0, 0.05) is 35.6 Å². The monoisotopic (exact) mass is 380 g/mol. The average molecular weight is 380 g/mol. The maximum Gasteiger partial charge on any atom is 0.166 e. The third-order valence-corrected chi connectivity index (χ3v) is 5.77. The largest absolute Gasteiger partial charge is 0.508 e. The van der Waals surface area contributed by atoms with Crippen LogP contribution >= 0.6 is 0 Å². The first-order valence-electron chi connectivity index (χ1n) is 9.88. The molecule has 0 aliphatic carbocycles. The number of benzene rings is 2. The fourth-order valence-corrected chi connectivity index (χ4v) is 4.10. The van der Waals surface area contributed by atoms with Crippen LogP contribution in [-0.2, 0) is 6.42 Å². The summed E-state index contributed by atoms with van der Waals surface area (Å²) < 4.78 is 13.0. The molecule has 0 amide bonds. The van der Waals surface area contributed by atoms with E-state index in [1.165, 1.54) is 17.7 Å². The summed E-state index contributed by atoms with van der Waals surface area (Å²) in [5, 5.41) is 10.5. The highest BCUT2D eigenvalue weighted by atomic mass is 19.1. The molecule has 1 aliphatic heterocycles. The van der Waals surface area contributed by atoms with Gasteiger partial charge in [-0.05, 0) is 74.2 Å². The molecular weight excluding hydrogens is 355 g/mol. The molecule has 2 N–H and O–H groups in total. The van der Waals surface area contributed by atoms with Crippen molar-refractivity contribution in [1.29, 1.82) is 0 Å². The summed E-state index contributed by atoms with van der Waals surface area (Å²) in [6.45, 7) is 2.75. The molecule has 28 heavy (non-hydrogen) atoms. The van der Waals surface area contributed by atoms with Gasteiger partial charge in [-0.25, -0.2) is 4.39 Å². The van der Waals surface area contributed by atoms with Crippen LogP contribution in [0.5, 0.6) is 5.75 Å². The van der Waals surface area contributed by atoms with Gasteiger partial charge in [-0.3, -0.25) is 4.79 Å². The number of H-pyrrole nitrogens is 1. The van der Waals surface area contributed by atoms with Crippen LogP contribution in [0.25, 0.3) is 10.9 Å². The second-order valence-corrected chi connectivity index (χ2v) is 7.72. The van der Waals surface area contributed by atoms with E-state index in [9.17, 15) is 14.3 Å². The van der Waals surface area contributed by atoms with E-state index in [2.05, 4.69) is 9.88 Å². The summed E-state index contributed by atoms with van der Waals surface area (Å²) in [6.07, 6.45) is 5.41. The quantitative estimate of drug-likeness (QED) is 0.617. The number of aromatic amines is 1. The Hall–Kier alpha value is -2.66. The Labute approximate surface area is 164 Å². The van der Waals surface area contributed by atoms with Crippen molar-refractivity contribution in [3.05, 3.63) is 65.6 Å². The van der Waals surface area contributed by atoms with Crippen molar-refractivity contribution in [2.45, 2.75) is 25.7 Å². The summed E-state index contributed by atoms with van der Waals surface area (Å²) in [6, 6.07) is 11.8. The van der Waals surface area contributed by atoms with Gasteiger partial charge in [-0.2, -0.15) is 0 Å². The molecule has 1 aliphatic rings. The van der Waals surface area contributed by atoms with Crippen molar-refractivity contribution in [2.75, 3.05) is 19.6 Å². The first-order chi connectivity index (χ1) is 13.6. The van der Waals surface area contributed by atoms with E-state index in [1.54, 1.807) is 24.4 Å². The molecule has 4 rings (SSSR count). The molecule has 2 heterocycles. The first-order valence-corrected chi connectivity index (χ1v) is 9.88. The number of nitrogens with one attached hydrogen (secondary N) is 1. The fourth-order valence-electron chi connectivity index (χ4n) is 4.10. The SMILES string of the molecule is O=C(CCN1CCC(Cc2ccc(F)cc2)CC1)c1c[nH]c2ccc(O)cc12. The number of carbonyl (C=O) groups excluding carboxylic acids is 1. The average Bonchev–Trinajstić information content (AvgIpc) is 3.12. The minimum atomic E-state index is -0.186. The molecular formula is C23H25FN2O2. The van der Waals surface area contributed by atoms with Crippen molar-refractivity contribution in [3.63, 3.8) is 0 Å². The zero-order chi connectivity index (χ0) is 19.5. The van der Waals surface area contributed by atoms with Crippen molar-refractivity contribution >= 4 is 16.7 Å². The van der Waals surface area contributed by atoms with Crippen LogP contribution in [0.3, 0.4) is 0 Å². The number of phenolic OH excluding ortho intramolecular Hbond substituents is 1. The Kier molecular flexibility index (Phi) is 5.44. The Bertz CT molecular complexity index is 956. The van der Waals surface area contributed by atoms with Crippen molar-refractivity contribution in [1.82, 2.24) is 9.88 Å². The standard InChI is InChI=1S/C23H25FN2O2/c24-18-3-1-16(2-4-18)13-17-7-10-26(11-8-17)12-9-23(28)21-15-25-22-6-5-19(27)14-20(21)22/h1-6,14-15,17,25,27H,7-13H2. The molecule has 3 aromatic rings. The van der Waals surface area contributed by atoms with Gasteiger partial charge in [0.25, 0.3) is 0 Å².